The van der Waals surface area contributed by atoms with Crippen LogP contribution < -0.4 is 5.32 Å². The Morgan fingerprint density at radius 1 is 1.22 bits per heavy atom. The summed E-state index contributed by atoms with van der Waals surface area (Å²) in [5, 5.41) is 8.54. The molecule has 1 aromatic carbocycles. The second kappa shape index (κ2) is 7.37. The average molecular weight is 352 g/mol. The topological polar surface area (TPSA) is 46.9 Å². The Bertz CT molecular complexity index is 693. The number of amides is 1. The third kappa shape index (κ3) is 4.27. The van der Waals surface area contributed by atoms with Crippen LogP contribution in [0.25, 0.3) is 0 Å². The van der Waals surface area contributed by atoms with Crippen LogP contribution in [0.3, 0.4) is 0 Å². The van der Waals surface area contributed by atoms with Crippen LogP contribution in [0.4, 0.5) is 5.82 Å². The third-order valence-corrected chi connectivity index (χ3v) is 4.80. The molecular weight excluding hydrogens is 333 g/mol. The van der Waals surface area contributed by atoms with E-state index in [0.29, 0.717) is 22.4 Å². The average Bonchev–Trinajstić information content (AvgIpc) is 2.98. The molecule has 0 unspecified atom stereocenters. The Morgan fingerprint density at radius 2 is 2.00 bits per heavy atom. The van der Waals surface area contributed by atoms with Crippen molar-refractivity contribution in [3.8, 4) is 0 Å². The van der Waals surface area contributed by atoms with E-state index in [1.807, 2.05) is 18.3 Å². The molecule has 0 bridgehead atoms. The molecule has 1 N–H and O–H groups in total. The summed E-state index contributed by atoms with van der Waals surface area (Å²) < 4.78 is 1.76. The van der Waals surface area contributed by atoms with Gasteiger partial charge in [0.25, 0.3) is 0 Å². The number of anilines is 1. The van der Waals surface area contributed by atoms with Crippen LogP contribution in [0.2, 0.25) is 10.0 Å². The number of halogens is 2. The van der Waals surface area contributed by atoms with Crippen molar-refractivity contribution in [2.45, 2.75) is 38.6 Å². The van der Waals surface area contributed by atoms with Gasteiger partial charge in [-0.2, -0.15) is 5.10 Å². The number of nitrogens with one attached hydrogen (secondary N) is 1. The summed E-state index contributed by atoms with van der Waals surface area (Å²) in [5.41, 5.74) is 0.935. The van der Waals surface area contributed by atoms with Gasteiger partial charge in [0.1, 0.15) is 0 Å². The van der Waals surface area contributed by atoms with Crippen LogP contribution in [0.1, 0.15) is 37.7 Å². The molecule has 4 nitrogen and oxygen atoms in total. The predicted octanol–water partition coefficient (Wildman–Crippen LogP) is 4.76. The van der Waals surface area contributed by atoms with Gasteiger partial charge in [-0.1, -0.05) is 48.5 Å². The summed E-state index contributed by atoms with van der Waals surface area (Å²) in [5.74, 6) is 0.796. The lowest BCUT2D eigenvalue weighted by Crippen LogP contribution is -2.25. The largest absolute Gasteiger partial charge is 0.309 e. The van der Waals surface area contributed by atoms with Crippen molar-refractivity contribution in [3.05, 3.63) is 46.1 Å². The summed E-state index contributed by atoms with van der Waals surface area (Å²) in [7, 11) is 0. The summed E-state index contributed by atoms with van der Waals surface area (Å²) in [6.45, 7) is 0.537. The molecule has 1 saturated carbocycles. The van der Waals surface area contributed by atoms with Crippen LogP contribution in [-0.4, -0.2) is 15.7 Å². The number of rotatable bonds is 4. The molecular formula is C17H19Cl2N3O. The highest BCUT2D eigenvalue weighted by molar-refractivity contribution is 6.35. The van der Waals surface area contributed by atoms with Gasteiger partial charge in [0.2, 0.25) is 5.91 Å². The molecule has 122 valence electrons. The lowest BCUT2D eigenvalue weighted by Gasteiger charge is -2.19. The first-order chi connectivity index (χ1) is 11.1. The molecule has 0 saturated heterocycles. The fraction of sp³-hybridized carbons (Fsp3) is 0.412. The minimum absolute atomic E-state index is 0.0828. The zero-order chi connectivity index (χ0) is 16.2. The number of benzene rings is 1. The van der Waals surface area contributed by atoms with Crippen LogP contribution in [0.5, 0.6) is 0 Å². The second-order valence-corrected chi connectivity index (χ2v) is 6.80. The van der Waals surface area contributed by atoms with Gasteiger partial charge in [-0.3, -0.25) is 9.48 Å². The maximum atomic E-state index is 12.2. The number of nitrogens with zero attached hydrogens (tertiary/aromatic N) is 2. The number of aromatic nitrogens is 2. The van der Waals surface area contributed by atoms with Crippen LogP contribution in [0.15, 0.2) is 30.5 Å². The van der Waals surface area contributed by atoms with Gasteiger partial charge in [0.15, 0.2) is 5.82 Å². The number of hydrogen-bond acceptors (Lipinski definition) is 2. The fourth-order valence-electron chi connectivity index (χ4n) is 2.93. The lowest BCUT2D eigenvalue weighted by atomic mass is 9.89. The minimum atomic E-state index is 0.0828. The van der Waals surface area contributed by atoms with Gasteiger partial charge >= 0.3 is 0 Å². The second-order valence-electron chi connectivity index (χ2n) is 5.96. The predicted molar refractivity (Wildman–Crippen MR) is 93.0 cm³/mol. The number of carbonyl (C=O) groups is 1. The molecule has 2 aromatic rings. The van der Waals surface area contributed by atoms with Gasteiger partial charge in [0.05, 0.1) is 6.54 Å². The molecule has 1 aliphatic rings. The molecule has 6 heteroatoms. The highest BCUT2D eigenvalue weighted by Crippen LogP contribution is 2.25. The molecule has 23 heavy (non-hydrogen) atoms. The maximum Gasteiger partial charge on any atom is 0.228 e. The summed E-state index contributed by atoms with van der Waals surface area (Å²) in [6, 6.07) is 7.21. The molecule has 1 fully saturated rings. The molecule has 1 amide bonds. The number of carbonyl (C=O) groups excluding carboxylic acids is 1. The molecule has 3 rings (SSSR count). The van der Waals surface area contributed by atoms with E-state index < -0.39 is 0 Å². The van der Waals surface area contributed by atoms with Crippen molar-refractivity contribution in [2.75, 3.05) is 5.32 Å². The molecule has 1 aliphatic carbocycles. The summed E-state index contributed by atoms with van der Waals surface area (Å²) in [4.78, 5) is 12.2. The van der Waals surface area contributed by atoms with Gasteiger partial charge in [0, 0.05) is 28.2 Å². The Morgan fingerprint density at radius 3 is 2.74 bits per heavy atom. The highest BCUT2D eigenvalue weighted by Gasteiger charge is 2.21. The highest BCUT2D eigenvalue weighted by atomic mass is 35.5. The third-order valence-electron chi connectivity index (χ3n) is 4.22. The van der Waals surface area contributed by atoms with Gasteiger partial charge in [-0.05, 0) is 30.5 Å². The Balaban J connectivity index is 1.62. The Labute approximate surface area is 145 Å². The maximum absolute atomic E-state index is 12.2. The monoisotopic (exact) mass is 351 g/mol. The first kappa shape index (κ1) is 16.3. The normalized spacial score (nSPS) is 15.6. The molecule has 1 aromatic heterocycles. The zero-order valence-electron chi connectivity index (χ0n) is 12.8. The van der Waals surface area contributed by atoms with E-state index >= 15 is 0 Å². The van der Waals surface area contributed by atoms with E-state index in [0.717, 1.165) is 31.2 Å². The lowest BCUT2D eigenvalue weighted by molar-refractivity contribution is -0.120. The molecule has 1 heterocycles. The quantitative estimate of drug-likeness (QED) is 0.863. The summed E-state index contributed by atoms with van der Waals surface area (Å²) in [6.07, 6.45) is 7.31. The molecule has 0 spiro atoms. The van der Waals surface area contributed by atoms with Crippen LogP contribution >= 0.6 is 23.2 Å². The van der Waals surface area contributed by atoms with Crippen molar-refractivity contribution in [1.82, 2.24) is 9.78 Å². The van der Waals surface area contributed by atoms with Gasteiger partial charge < -0.3 is 5.32 Å². The van der Waals surface area contributed by atoms with E-state index in [2.05, 4.69) is 10.4 Å². The first-order valence-corrected chi connectivity index (χ1v) is 8.65. The SMILES string of the molecule is O=C(Nc1ccn(Cc2ccc(Cl)cc2Cl)n1)C1CCCCC1. The van der Waals surface area contributed by atoms with E-state index in [9.17, 15) is 4.79 Å². The van der Waals surface area contributed by atoms with Crippen molar-refractivity contribution in [3.63, 3.8) is 0 Å². The zero-order valence-corrected chi connectivity index (χ0v) is 14.3. The van der Waals surface area contributed by atoms with Crippen molar-refractivity contribution < 1.29 is 4.79 Å². The van der Waals surface area contributed by atoms with Crippen molar-refractivity contribution in [1.29, 1.82) is 0 Å². The smallest absolute Gasteiger partial charge is 0.228 e. The van der Waals surface area contributed by atoms with E-state index in [4.69, 9.17) is 23.2 Å². The van der Waals surface area contributed by atoms with E-state index in [1.165, 1.54) is 6.42 Å². The minimum Gasteiger partial charge on any atom is -0.309 e. The van der Waals surface area contributed by atoms with E-state index in [1.54, 1.807) is 16.8 Å². The fourth-order valence-corrected chi connectivity index (χ4v) is 3.40. The van der Waals surface area contributed by atoms with E-state index in [-0.39, 0.29) is 11.8 Å². The molecule has 0 radical (unpaired) electrons. The first-order valence-electron chi connectivity index (χ1n) is 7.90. The van der Waals surface area contributed by atoms with Crippen molar-refractivity contribution >= 4 is 34.9 Å². The van der Waals surface area contributed by atoms with Gasteiger partial charge in [-0.25, -0.2) is 0 Å². The number of hydrogen-bond donors (Lipinski definition) is 1. The molecule has 0 aliphatic heterocycles. The Kier molecular flexibility index (Phi) is 5.23. The standard InChI is InChI=1S/C17H19Cl2N3O/c18-14-7-6-13(15(19)10-14)11-22-9-8-16(21-22)20-17(23)12-4-2-1-3-5-12/h6-10,12H,1-5,11H2,(H,20,21,23). The Hall–Kier alpha value is -1.52. The van der Waals surface area contributed by atoms with Crippen molar-refractivity contribution in [2.24, 2.45) is 5.92 Å². The molecule has 0 atom stereocenters. The van der Waals surface area contributed by atoms with Gasteiger partial charge in [-0.15, -0.1) is 0 Å². The van der Waals surface area contributed by atoms with Crippen LogP contribution in [-0.2, 0) is 11.3 Å². The van der Waals surface area contributed by atoms with Crippen LogP contribution in [0, 0.1) is 5.92 Å². The summed E-state index contributed by atoms with van der Waals surface area (Å²) >= 11 is 12.1.